The van der Waals surface area contributed by atoms with Crippen LogP contribution in [-0.4, -0.2) is 36.5 Å². The fourth-order valence-corrected chi connectivity index (χ4v) is 4.55. The molecule has 20 heavy (non-hydrogen) atoms. The third-order valence-corrected chi connectivity index (χ3v) is 5.69. The number of hydrogen-bond donors (Lipinski definition) is 1. The minimum Gasteiger partial charge on any atom is -0.339 e. The van der Waals surface area contributed by atoms with Crippen LogP contribution in [0.1, 0.15) is 64.2 Å². The summed E-state index contributed by atoms with van der Waals surface area (Å²) in [4.78, 5) is 14.9. The first-order chi connectivity index (χ1) is 9.84. The second-order valence-corrected chi connectivity index (χ2v) is 7.11. The van der Waals surface area contributed by atoms with Gasteiger partial charge >= 0.3 is 0 Å². The van der Waals surface area contributed by atoms with E-state index in [1.165, 1.54) is 64.3 Å². The molecule has 0 aromatic rings. The van der Waals surface area contributed by atoms with E-state index in [4.69, 9.17) is 0 Å². The fourth-order valence-electron chi connectivity index (χ4n) is 4.55. The zero-order valence-corrected chi connectivity index (χ0v) is 12.8. The van der Waals surface area contributed by atoms with Crippen molar-refractivity contribution in [3.8, 4) is 0 Å². The lowest BCUT2D eigenvalue weighted by atomic mass is 9.86. The van der Waals surface area contributed by atoms with E-state index in [9.17, 15) is 4.79 Å². The van der Waals surface area contributed by atoms with E-state index in [0.717, 1.165) is 19.5 Å². The van der Waals surface area contributed by atoms with Crippen LogP contribution >= 0.6 is 0 Å². The van der Waals surface area contributed by atoms with Gasteiger partial charge in [-0.05, 0) is 63.5 Å². The predicted molar refractivity (Wildman–Crippen MR) is 81.5 cm³/mol. The monoisotopic (exact) mass is 278 g/mol. The predicted octanol–water partition coefficient (Wildman–Crippen LogP) is 2.95. The quantitative estimate of drug-likeness (QED) is 0.861. The minimum atomic E-state index is 0.463. The molecule has 2 atom stereocenters. The summed E-state index contributed by atoms with van der Waals surface area (Å²) in [5.74, 6) is 1.86. The first-order valence-corrected chi connectivity index (χ1v) is 8.85. The Morgan fingerprint density at radius 1 is 1.00 bits per heavy atom. The average molecular weight is 278 g/mol. The molecule has 3 rings (SSSR count). The number of carbonyl (C=O) groups excluding carboxylic acids is 1. The van der Waals surface area contributed by atoms with Gasteiger partial charge in [-0.1, -0.05) is 19.3 Å². The molecule has 1 amide bonds. The summed E-state index contributed by atoms with van der Waals surface area (Å²) in [6.07, 6.45) is 12.5. The Morgan fingerprint density at radius 2 is 1.85 bits per heavy atom. The summed E-state index contributed by atoms with van der Waals surface area (Å²) in [6.45, 7) is 3.31. The van der Waals surface area contributed by atoms with Crippen molar-refractivity contribution in [2.75, 3.05) is 19.6 Å². The van der Waals surface area contributed by atoms with Crippen LogP contribution in [0.25, 0.3) is 0 Å². The van der Waals surface area contributed by atoms with Crippen molar-refractivity contribution in [2.45, 2.75) is 70.3 Å². The highest BCUT2D eigenvalue weighted by atomic mass is 16.2. The fraction of sp³-hybridized carbons (Fsp3) is 0.941. The number of hydrogen-bond acceptors (Lipinski definition) is 2. The SMILES string of the molecule is O=C(CC1CCCCC1)N1CCCC1C1CCCNC1. The summed E-state index contributed by atoms with van der Waals surface area (Å²) in [7, 11) is 0. The lowest BCUT2D eigenvalue weighted by Gasteiger charge is -2.35. The molecule has 0 bridgehead atoms. The third kappa shape index (κ3) is 3.36. The molecule has 1 N–H and O–H groups in total. The maximum atomic E-state index is 12.7. The Balaban J connectivity index is 1.55. The summed E-state index contributed by atoms with van der Waals surface area (Å²) in [5, 5.41) is 3.51. The Bertz CT molecular complexity index is 319. The lowest BCUT2D eigenvalue weighted by molar-refractivity contribution is -0.134. The average Bonchev–Trinajstić information content (AvgIpc) is 2.99. The molecular weight excluding hydrogens is 248 g/mol. The van der Waals surface area contributed by atoms with Gasteiger partial charge < -0.3 is 10.2 Å². The minimum absolute atomic E-state index is 0.463. The Kier molecular flexibility index (Phi) is 4.98. The van der Waals surface area contributed by atoms with Crippen molar-refractivity contribution in [3.05, 3.63) is 0 Å². The Morgan fingerprint density at radius 3 is 2.60 bits per heavy atom. The lowest BCUT2D eigenvalue weighted by Crippen LogP contribution is -2.46. The topological polar surface area (TPSA) is 32.3 Å². The van der Waals surface area contributed by atoms with Crippen LogP contribution in [0.4, 0.5) is 0 Å². The van der Waals surface area contributed by atoms with Crippen molar-refractivity contribution in [1.29, 1.82) is 0 Å². The molecule has 3 heteroatoms. The highest BCUT2D eigenvalue weighted by Gasteiger charge is 2.35. The Labute approximate surface area is 123 Å². The van der Waals surface area contributed by atoms with E-state index in [1.54, 1.807) is 0 Å². The summed E-state index contributed by atoms with van der Waals surface area (Å²) in [6, 6.07) is 0.541. The van der Waals surface area contributed by atoms with Crippen LogP contribution in [0.2, 0.25) is 0 Å². The molecule has 0 aromatic heterocycles. The van der Waals surface area contributed by atoms with Gasteiger partial charge in [0.15, 0.2) is 0 Å². The van der Waals surface area contributed by atoms with Crippen LogP contribution in [0.5, 0.6) is 0 Å². The zero-order chi connectivity index (χ0) is 13.8. The van der Waals surface area contributed by atoms with Gasteiger partial charge in [0.2, 0.25) is 5.91 Å². The molecular formula is C17H30N2O. The van der Waals surface area contributed by atoms with Crippen molar-refractivity contribution < 1.29 is 4.79 Å². The van der Waals surface area contributed by atoms with E-state index >= 15 is 0 Å². The van der Waals surface area contributed by atoms with Gasteiger partial charge in [-0.3, -0.25) is 4.79 Å². The van der Waals surface area contributed by atoms with E-state index in [-0.39, 0.29) is 0 Å². The van der Waals surface area contributed by atoms with Gasteiger partial charge in [-0.2, -0.15) is 0 Å². The number of likely N-dealkylation sites (tertiary alicyclic amines) is 1. The molecule has 0 aromatic carbocycles. The standard InChI is InChI=1S/C17H30N2O/c20-17(12-14-6-2-1-3-7-14)19-11-5-9-16(19)15-8-4-10-18-13-15/h14-16,18H,1-13H2. The molecule has 2 heterocycles. The molecule has 0 spiro atoms. The summed E-state index contributed by atoms with van der Waals surface area (Å²) < 4.78 is 0. The molecule has 0 radical (unpaired) electrons. The molecule has 1 saturated carbocycles. The molecule has 2 saturated heterocycles. The number of rotatable bonds is 3. The van der Waals surface area contributed by atoms with Crippen molar-refractivity contribution in [2.24, 2.45) is 11.8 Å². The molecule has 2 unspecified atom stereocenters. The van der Waals surface area contributed by atoms with Crippen molar-refractivity contribution >= 4 is 5.91 Å². The van der Waals surface area contributed by atoms with E-state index in [1.807, 2.05) is 0 Å². The van der Waals surface area contributed by atoms with Gasteiger partial charge in [0, 0.05) is 19.0 Å². The number of nitrogens with one attached hydrogen (secondary N) is 1. The van der Waals surface area contributed by atoms with Gasteiger partial charge in [-0.15, -0.1) is 0 Å². The first-order valence-electron chi connectivity index (χ1n) is 8.85. The van der Waals surface area contributed by atoms with E-state index < -0.39 is 0 Å². The van der Waals surface area contributed by atoms with E-state index in [2.05, 4.69) is 10.2 Å². The smallest absolute Gasteiger partial charge is 0.223 e. The largest absolute Gasteiger partial charge is 0.339 e. The number of piperidine rings is 1. The van der Waals surface area contributed by atoms with Crippen LogP contribution in [-0.2, 0) is 4.79 Å². The number of carbonyl (C=O) groups is 1. The highest BCUT2D eigenvalue weighted by molar-refractivity contribution is 5.77. The molecule has 2 aliphatic heterocycles. The third-order valence-electron chi connectivity index (χ3n) is 5.69. The summed E-state index contributed by atoms with van der Waals surface area (Å²) >= 11 is 0. The summed E-state index contributed by atoms with van der Waals surface area (Å²) in [5.41, 5.74) is 0. The second-order valence-electron chi connectivity index (χ2n) is 7.11. The number of amides is 1. The van der Waals surface area contributed by atoms with Gasteiger partial charge in [0.05, 0.1) is 0 Å². The molecule has 3 fully saturated rings. The molecule has 1 aliphatic carbocycles. The maximum absolute atomic E-state index is 12.7. The van der Waals surface area contributed by atoms with Crippen LogP contribution in [0, 0.1) is 11.8 Å². The van der Waals surface area contributed by atoms with Gasteiger partial charge in [0.25, 0.3) is 0 Å². The van der Waals surface area contributed by atoms with Crippen LogP contribution < -0.4 is 5.32 Å². The van der Waals surface area contributed by atoms with Gasteiger partial charge in [-0.25, -0.2) is 0 Å². The maximum Gasteiger partial charge on any atom is 0.223 e. The highest BCUT2D eigenvalue weighted by Crippen LogP contribution is 2.31. The molecule has 114 valence electrons. The molecule has 3 nitrogen and oxygen atoms in total. The van der Waals surface area contributed by atoms with Crippen molar-refractivity contribution in [1.82, 2.24) is 10.2 Å². The Hall–Kier alpha value is -0.570. The first kappa shape index (κ1) is 14.4. The zero-order valence-electron chi connectivity index (χ0n) is 12.8. The molecule has 3 aliphatic rings. The van der Waals surface area contributed by atoms with Crippen LogP contribution in [0.15, 0.2) is 0 Å². The normalized spacial score (nSPS) is 32.5. The van der Waals surface area contributed by atoms with Gasteiger partial charge in [0.1, 0.15) is 0 Å². The number of nitrogens with zero attached hydrogens (tertiary/aromatic N) is 1. The van der Waals surface area contributed by atoms with E-state index in [0.29, 0.717) is 23.8 Å². The second kappa shape index (κ2) is 6.93. The van der Waals surface area contributed by atoms with Crippen molar-refractivity contribution in [3.63, 3.8) is 0 Å². The van der Waals surface area contributed by atoms with Crippen LogP contribution in [0.3, 0.4) is 0 Å².